The number of hydrogen-bond donors (Lipinski definition) is 0. The monoisotopic (exact) mass is 271 g/mol. The maximum atomic E-state index is 11.7. The lowest BCUT2D eigenvalue weighted by Gasteiger charge is -2.22. The SMILES string of the molecule is CCCCN(C[C@@H]1C=[N+](C(=O)OC)CC1)C(=O)OC. The van der Waals surface area contributed by atoms with E-state index in [0.717, 1.165) is 19.3 Å². The van der Waals surface area contributed by atoms with Gasteiger partial charge in [0.25, 0.3) is 0 Å². The molecule has 1 heterocycles. The molecule has 0 bridgehead atoms. The van der Waals surface area contributed by atoms with Crippen molar-refractivity contribution in [1.29, 1.82) is 0 Å². The van der Waals surface area contributed by atoms with Gasteiger partial charge in [0.05, 0.1) is 20.1 Å². The zero-order valence-electron chi connectivity index (χ0n) is 11.9. The highest BCUT2D eigenvalue weighted by molar-refractivity contribution is 5.71. The number of ether oxygens (including phenoxy) is 2. The molecule has 0 radical (unpaired) electrons. The molecule has 0 saturated carbocycles. The van der Waals surface area contributed by atoms with Crippen LogP contribution in [0.5, 0.6) is 0 Å². The summed E-state index contributed by atoms with van der Waals surface area (Å²) in [7, 11) is 2.76. The Morgan fingerprint density at radius 3 is 2.68 bits per heavy atom. The molecule has 0 saturated heterocycles. The maximum Gasteiger partial charge on any atom is 0.595 e. The summed E-state index contributed by atoms with van der Waals surface area (Å²) >= 11 is 0. The van der Waals surface area contributed by atoms with Crippen LogP contribution in [-0.4, -0.2) is 61.7 Å². The van der Waals surface area contributed by atoms with Crippen molar-refractivity contribution in [1.82, 2.24) is 4.90 Å². The second-order valence-electron chi connectivity index (χ2n) is 4.63. The predicted molar refractivity (Wildman–Crippen MR) is 70.6 cm³/mol. The van der Waals surface area contributed by atoms with Crippen molar-refractivity contribution < 1.29 is 23.6 Å². The summed E-state index contributed by atoms with van der Waals surface area (Å²) in [6.07, 6.45) is 4.00. The van der Waals surface area contributed by atoms with Crippen molar-refractivity contribution in [2.24, 2.45) is 5.92 Å². The lowest BCUT2D eigenvalue weighted by molar-refractivity contribution is -0.432. The molecule has 1 rings (SSSR count). The van der Waals surface area contributed by atoms with Crippen LogP contribution in [0.2, 0.25) is 0 Å². The van der Waals surface area contributed by atoms with Gasteiger partial charge in [0.1, 0.15) is 0 Å². The molecular weight excluding hydrogens is 248 g/mol. The molecule has 2 amide bonds. The minimum absolute atomic E-state index is 0.176. The van der Waals surface area contributed by atoms with E-state index in [0.29, 0.717) is 19.6 Å². The summed E-state index contributed by atoms with van der Waals surface area (Å²) in [5.41, 5.74) is 0. The molecule has 0 aromatic rings. The van der Waals surface area contributed by atoms with Gasteiger partial charge in [-0.25, -0.2) is 4.79 Å². The Labute approximate surface area is 114 Å². The molecule has 1 atom stereocenters. The Hall–Kier alpha value is -1.59. The lowest BCUT2D eigenvalue weighted by atomic mass is 10.1. The topological polar surface area (TPSA) is 58.8 Å². The summed E-state index contributed by atoms with van der Waals surface area (Å²) in [6.45, 7) is 3.99. The van der Waals surface area contributed by atoms with Crippen molar-refractivity contribution in [2.75, 3.05) is 33.9 Å². The van der Waals surface area contributed by atoms with Crippen LogP contribution in [0.4, 0.5) is 9.59 Å². The molecule has 19 heavy (non-hydrogen) atoms. The highest BCUT2D eigenvalue weighted by atomic mass is 16.5. The van der Waals surface area contributed by atoms with Crippen LogP contribution in [0.15, 0.2) is 0 Å². The number of carbonyl (C=O) groups excluding carboxylic acids is 2. The van der Waals surface area contributed by atoms with Gasteiger partial charge < -0.3 is 14.4 Å². The van der Waals surface area contributed by atoms with E-state index in [2.05, 4.69) is 11.7 Å². The van der Waals surface area contributed by atoms with Crippen LogP contribution in [-0.2, 0) is 9.47 Å². The van der Waals surface area contributed by atoms with Crippen LogP contribution in [0.25, 0.3) is 0 Å². The molecule has 0 fully saturated rings. The number of unbranched alkanes of at least 4 members (excludes halogenated alkanes) is 1. The molecule has 0 unspecified atom stereocenters. The second-order valence-corrected chi connectivity index (χ2v) is 4.63. The number of amides is 2. The smallest absolute Gasteiger partial charge is 0.453 e. The Bertz CT molecular complexity index is 355. The molecule has 6 heteroatoms. The van der Waals surface area contributed by atoms with Gasteiger partial charge in [-0.15, -0.1) is 4.58 Å². The molecule has 1 aliphatic heterocycles. The summed E-state index contributed by atoms with van der Waals surface area (Å²) < 4.78 is 11.0. The second kappa shape index (κ2) is 7.76. The van der Waals surface area contributed by atoms with Gasteiger partial charge in [-0.3, -0.25) is 0 Å². The van der Waals surface area contributed by atoms with E-state index in [1.807, 2.05) is 6.21 Å². The van der Waals surface area contributed by atoms with Crippen molar-refractivity contribution in [3.8, 4) is 0 Å². The first-order valence-electron chi connectivity index (χ1n) is 6.64. The van der Waals surface area contributed by atoms with Gasteiger partial charge in [0.15, 0.2) is 12.8 Å². The van der Waals surface area contributed by atoms with Gasteiger partial charge >= 0.3 is 12.2 Å². The first-order valence-corrected chi connectivity index (χ1v) is 6.64. The van der Waals surface area contributed by atoms with Crippen LogP contribution < -0.4 is 0 Å². The molecule has 1 aliphatic rings. The van der Waals surface area contributed by atoms with E-state index in [1.54, 1.807) is 9.48 Å². The van der Waals surface area contributed by atoms with Crippen LogP contribution >= 0.6 is 0 Å². The van der Waals surface area contributed by atoms with Crippen molar-refractivity contribution in [2.45, 2.75) is 26.2 Å². The van der Waals surface area contributed by atoms with Crippen molar-refractivity contribution >= 4 is 18.4 Å². The van der Waals surface area contributed by atoms with Gasteiger partial charge in [0, 0.05) is 19.5 Å². The summed E-state index contributed by atoms with van der Waals surface area (Å²) in [4.78, 5) is 24.7. The first kappa shape index (κ1) is 15.5. The normalized spacial score (nSPS) is 17.8. The third-order valence-electron chi connectivity index (χ3n) is 3.21. The fourth-order valence-corrected chi connectivity index (χ4v) is 2.13. The Balaban J connectivity index is 2.57. The number of rotatable bonds is 5. The van der Waals surface area contributed by atoms with Crippen molar-refractivity contribution in [3.63, 3.8) is 0 Å². The zero-order chi connectivity index (χ0) is 14.3. The standard InChI is InChI=1S/C13H23N2O4/c1-4-5-7-14(12(16)18-2)9-11-6-8-15(10-11)13(17)19-3/h10-11H,4-9H2,1-3H3/q+1/t11-/m1/s1. The van der Waals surface area contributed by atoms with Crippen LogP contribution in [0, 0.1) is 5.92 Å². The summed E-state index contributed by atoms with van der Waals surface area (Å²) in [5, 5.41) is 0. The minimum Gasteiger partial charge on any atom is -0.453 e. The Morgan fingerprint density at radius 1 is 1.37 bits per heavy atom. The van der Waals surface area contributed by atoms with Crippen molar-refractivity contribution in [3.05, 3.63) is 0 Å². The first-order chi connectivity index (χ1) is 9.12. The summed E-state index contributed by atoms with van der Waals surface area (Å²) in [6, 6.07) is 0. The van der Waals surface area contributed by atoms with Gasteiger partial charge in [-0.1, -0.05) is 13.3 Å². The minimum atomic E-state index is -0.347. The molecule has 6 nitrogen and oxygen atoms in total. The largest absolute Gasteiger partial charge is 0.595 e. The fourth-order valence-electron chi connectivity index (χ4n) is 2.13. The van der Waals surface area contributed by atoms with E-state index in [4.69, 9.17) is 4.74 Å². The fraction of sp³-hybridized carbons (Fsp3) is 0.769. The van der Waals surface area contributed by atoms with E-state index < -0.39 is 0 Å². The molecule has 108 valence electrons. The Kier molecular flexibility index (Phi) is 6.32. The lowest BCUT2D eigenvalue weighted by Crippen LogP contribution is -2.36. The highest BCUT2D eigenvalue weighted by Crippen LogP contribution is 2.12. The van der Waals surface area contributed by atoms with E-state index in [9.17, 15) is 9.59 Å². The van der Waals surface area contributed by atoms with Crippen LogP contribution in [0.1, 0.15) is 26.2 Å². The highest BCUT2D eigenvalue weighted by Gasteiger charge is 2.31. The van der Waals surface area contributed by atoms with Gasteiger partial charge in [-0.2, -0.15) is 4.79 Å². The third-order valence-corrected chi connectivity index (χ3v) is 3.21. The maximum absolute atomic E-state index is 11.7. The molecule has 0 aliphatic carbocycles. The van der Waals surface area contributed by atoms with Gasteiger partial charge in [0.2, 0.25) is 0 Å². The predicted octanol–water partition coefficient (Wildman–Crippen LogP) is 1.72. The quantitative estimate of drug-likeness (QED) is 0.714. The Morgan fingerprint density at radius 2 is 2.11 bits per heavy atom. The zero-order valence-corrected chi connectivity index (χ0v) is 11.9. The number of methoxy groups -OCH3 is 2. The van der Waals surface area contributed by atoms with Gasteiger partial charge in [-0.05, 0) is 6.42 Å². The average Bonchev–Trinajstić information content (AvgIpc) is 2.90. The molecule has 0 aromatic heterocycles. The molecule has 0 spiro atoms. The van der Waals surface area contributed by atoms with E-state index in [-0.39, 0.29) is 18.1 Å². The molecular formula is C13H23N2O4+. The number of hydrogen-bond acceptors (Lipinski definition) is 4. The summed E-state index contributed by atoms with van der Waals surface area (Å²) in [5.74, 6) is 0.176. The van der Waals surface area contributed by atoms with Crippen LogP contribution in [0.3, 0.4) is 0 Å². The average molecular weight is 271 g/mol. The molecule has 0 aromatic carbocycles. The van der Waals surface area contributed by atoms with E-state index >= 15 is 0 Å². The molecule has 0 N–H and O–H groups in total. The van der Waals surface area contributed by atoms with E-state index in [1.165, 1.54) is 14.2 Å². The third kappa shape index (κ3) is 4.54. The number of carbonyl (C=O) groups is 2. The number of nitrogens with zero attached hydrogens (tertiary/aromatic N) is 2.